The maximum absolute atomic E-state index is 12.6. The zero-order chi connectivity index (χ0) is 16.5. The predicted octanol–water partition coefficient (Wildman–Crippen LogP) is 3.29. The van der Waals surface area contributed by atoms with E-state index >= 15 is 0 Å². The van der Waals surface area contributed by atoms with E-state index in [1.807, 2.05) is 29.2 Å². The minimum atomic E-state index is -0.0926. The molecule has 1 N–H and O–H groups in total. The second-order valence-electron chi connectivity index (χ2n) is 6.15. The second-order valence-corrected chi connectivity index (χ2v) is 6.15. The van der Waals surface area contributed by atoms with Crippen LogP contribution < -0.4 is 0 Å². The summed E-state index contributed by atoms with van der Waals surface area (Å²) in [6, 6.07) is 18.5. The van der Waals surface area contributed by atoms with Crippen molar-refractivity contribution in [3.8, 4) is 0 Å². The van der Waals surface area contributed by atoms with E-state index in [1.54, 1.807) is 7.11 Å². The van der Waals surface area contributed by atoms with Gasteiger partial charge in [-0.25, -0.2) is 0 Å². The molecule has 0 unspecified atom stereocenters. The van der Waals surface area contributed by atoms with Crippen LogP contribution in [0, 0.1) is 0 Å². The van der Waals surface area contributed by atoms with Gasteiger partial charge in [0.05, 0.1) is 6.04 Å². The van der Waals surface area contributed by atoms with Gasteiger partial charge in [0.15, 0.2) is 0 Å². The van der Waals surface area contributed by atoms with Gasteiger partial charge < -0.3 is 14.6 Å². The molecule has 1 amide bonds. The van der Waals surface area contributed by atoms with Crippen LogP contribution in [0.5, 0.6) is 0 Å². The van der Waals surface area contributed by atoms with Crippen molar-refractivity contribution in [1.29, 1.82) is 0 Å². The smallest absolute Gasteiger partial charge is 0.249 e. The third-order valence-corrected chi connectivity index (χ3v) is 4.74. The van der Waals surface area contributed by atoms with Crippen molar-refractivity contribution >= 4 is 16.8 Å². The summed E-state index contributed by atoms with van der Waals surface area (Å²) >= 11 is 0. The molecule has 122 valence electrons. The van der Waals surface area contributed by atoms with E-state index in [2.05, 4.69) is 35.3 Å². The van der Waals surface area contributed by atoms with Crippen LogP contribution in [0.2, 0.25) is 0 Å². The molecule has 0 bridgehead atoms. The largest absolute Gasteiger partial charge is 0.375 e. The summed E-state index contributed by atoms with van der Waals surface area (Å²) in [6.07, 6.45) is 0.859. The molecule has 0 fully saturated rings. The van der Waals surface area contributed by atoms with Crippen LogP contribution in [0.1, 0.15) is 22.9 Å². The number of rotatable bonds is 3. The van der Waals surface area contributed by atoms with Gasteiger partial charge in [-0.15, -0.1) is 0 Å². The summed E-state index contributed by atoms with van der Waals surface area (Å²) in [5, 5.41) is 1.26. The van der Waals surface area contributed by atoms with Gasteiger partial charge in [0.1, 0.15) is 6.61 Å². The molecular weight excluding hydrogens is 300 g/mol. The highest BCUT2D eigenvalue weighted by molar-refractivity contribution is 5.86. The fourth-order valence-electron chi connectivity index (χ4n) is 3.70. The molecule has 1 aliphatic heterocycles. The first-order valence-corrected chi connectivity index (χ1v) is 8.22. The van der Waals surface area contributed by atoms with Crippen molar-refractivity contribution < 1.29 is 9.53 Å². The summed E-state index contributed by atoms with van der Waals surface area (Å²) in [4.78, 5) is 18.1. The van der Waals surface area contributed by atoms with Crippen molar-refractivity contribution in [3.63, 3.8) is 0 Å². The SMILES string of the molecule is COCC(=O)N1CCc2c([nH]c3ccccc23)[C@@H]1c1ccccc1. The number of hydrogen-bond donors (Lipinski definition) is 1. The van der Waals surface area contributed by atoms with E-state index in [1.165, 1.54) is 10.9 Å². The van der Waals surface area contributed by atoms with Crippen LogP contribution in [-0.2, 0) is 16.0 Å². The summed E-state index contributed by atoms with van der Waals surface area (Å²) in [6.45, 7) is 0.815. The third kappa shape index (κ3) is 2.39. The van der Waals surface area contributed by atoms with Gasteiger partial charge in [0.2, 0.25) is 5.91 Å². The number of carbonyl (C=O) groups is 1. The molecule has 1 atom stereocenters. The summed E-state index contributed by atoms with van der Waals surface area (Å²) < 4.78 is 5.09. The molecule has 2 heterocycles. The number of methoxy groups -OCH3 is 1. The molecule has 1 aliphatic rings. The second kappa shape index (κ2) is 6.13. The number of amides is 1. The monoisotopic (exact) mass is 320 g/mol. The van der Waals surface area contributed by atoms with Gasteiger partial charge in [-0.05, 0) is 23.6 Å². The number of para-hydroxylation sites is 1. The highest BCUT2D eigenvalue weighted by Gasteiger charge is 2.34. The normalized spacial score (nSPS) is 17.0. The summed E-state index contributed by atoms with van der Waals surface area (Å²) in [5.41, 5.74) is 4.69. The Morgan fingerprint density at radius 1 is 1.17 bits per heavy atom. The minimum Gasteiger partial charge on any atom is -0.375 e. The standard InChI is InChI=1S/C20H20N2O2/c1-24-13-18(23)22-12-11-16-15-9-5-6-10-17(15)21-19(16)20(22)14-7-3-2-4-8-14/h2-10,20-21H,11-13H2,1H3/t20-/m0/s1. The van der Waals surface area contributed by atoms with Gasteiger partial charge >= 0.3 is 0 Å². The summed E-state index contributed by atoms with van der Waals surface area (Å²) in [7, 11) is 1.56. The molecule has 4 heteroatoms. The molecule has 0 aliphatic carbocycles. The van der Waals surface area contributed by atoms with Gasteiger partial charge in [-0.2, -0.15) is 0 Å². The Morgan fingerprint density at radius 2 is 1.92 bits per heavy atom. The number of aromatic amines is 1. The number of hydrogen-bond acceptors (Lipinski definition) is 2. The van der Waals surface area contributed by atoms with Crippen molar-refractivity contribution in [3.05, 3.63) is 71.4 Å². The van der Waals surface area contributed by atoms with E-state index in [0.717, 1.165) is 23.2 Å². The summed E-state index contributed by atoms with van der Waals surface area (Å²) in [5.74, 6) is 0.0238. The lowest BCUT2D eigenvalue weighted by atomic mass is 9.92. The molecule has 3 aromatic rings. The molecule has 4 rings (SSSR count). The van der Waals surface area contributed by atoms with E-state index < -0.39 is 0 Å². The number of H-pyrrole nitrogens is 1. The van der Waals surface area contributed by atoms with Crippen LogP contribution in [-0.4, -0.2) is 36.1 Å². The zero-order valence-electron chi connectivity index (χ0n) is 13.7. The van der Waals surface area contributed by atoms with Crippen molar-refractivity contribution in [1.82, 2.24) is 9.88 Å². The van der Waals surface area contributed by atoms with Crippen LogP contribution in [0.15, 0.2) is 54.6 Å². The molecule has 4 nitrogen and oxygen atoms in total. The molecular formula is C20H20N2O2. The topological polar surface area (TPSA) is 45.3 Å². The van der Waals surface area contributed by atoms with Crippen molar-refractivity contribution in [2.75, 3.05) is 20.3 Å². The highest BCUT2D eigenvalue weighted by Crippen LogP contribution is 2.38. The first-order valence-electron chi connectivity index (χ1n) is 8.22. The fraction of sp³-hybridized carbons (Fsp3) is 0.250. The first kappa shape index (κ1) is 15.0. The van der Waals surface area contributed by atoms with Crippen LogP contribution in [0.4, 0.5) is 0 Å². The Labute approximate surface area is 141 Å². The van der Waals surface area contributed by atoms with E-state index in [9.17, 15) is 4.79 Å². The Hall–Kier alpha value is -2.59. The van der Waals surface area contributed by atoms with Gasteiger partial charge in [0.25, 0.3) is 0 Å². The molecule has 0 radical (unpaired) electrons. The minimum absolute atomic E-state index is 0.0238. The molecule has 0 spiro atoms. The quantitative estimate of drug-likeness (QED) is 0.805. The number of nitrogens with zero attached hydrogens (tertiary/aromatic N) is 1. The molecule has 0 saturated heterocycles. The molecule has 2 aromatic carbocycles. The maximum atomic E-state index is 12.6. The van der Waals surface area contributed by atoms with Gasteiger partial charge in [-0.3, -0.25) is 4.79 Å². The third-order valence-electron chi connectivity index (χ3n) is 4.74. The maximum Gasteiger partial charge on any atom is 0.249 e. The van der Waals surface area contributed by atoms with Crippen molar-refractivity contribution in [2.45, 2.75) is 12.5 Å². The van der Waals surface area contributed by atoms with Gasteiger partial charge in [0, 0.05) is 30.3 Å². The zero-order valence-corrected chi connectivity index (χ0v) is 13.7. The number of benzene rings is 2. The Morgan fingerprint density at radius 3 is 2.71 bits per heavy atom. The molecule has 0 saturated carbocycles. The lowest BCUT2D eigenvalue weighted by molar-refractivity contribution is -0.137. The van der Waals surface area contributed by atoms with E-state index in [4.69, 9.17) is 4.74 Å². The van der Waals surface area contributed by atoms with E-state index in [-0.39, 0.29) is 18.6 Å². The number of carbonyl (C=O) groups excluding carboxylic acids is 1. The average Bonchev–Trinajstić information content (AvgIpc) is 3.00. The Balaban J connectivity index is 1.87. The number of fused-ring (bicyclic) bond motifs is 3. The Bertz CT molecular complexity index is 870. The molecule has 1 aromatic heterocycles. The number of nitrogens with one attached hydrogen (secondary N) is 1. The lowest BCUT2D eigenvalue weighted by Gasteiger charge is -2.36. The van der Waals surface area contributed by atoms with Crippen molar-refractivity contribution in [2.24, 2.45) is 0 Å². The van der Waals surface area contributed by atoms with Crippen LogP contribution >= 0.6 is 0 Å². The van der Waals surface area contributed by atoms with Crippen LogP contribution in [0.3, 0.4) is 0 Å². The van der Waals surface area contributed by atoms with Gasteiger partial charge in [-0.1, -0.05) is 48.5 Å². The molecule has 24 heavy (non-hydrogen) atoms. The Kier molecular flexibility index (Phi) is 3.82. The number of aromatic nitrogens is 1. The first-order chi connectivity index (χ1) is 11.8. The number of ether oxygens (including phenoxy) is 1. The lowest BCUT2D eigenvalue weighted by Crippen LogP contribution is -2.42. The van der Waals surface area contributed by atoms with E-state index in [0.29, 0.717) is 6.54 Å². The highest BCUT2D eigenvalue weighted by atomic mass is 16.5. The van der Waals surface area contributed by atoms with Crippen LogP contribution in [0.25, 0.3) is 10.9 Å². The average molecular weight is 320 g/mol. The predicted molar refractivity (Wildman–Crippen MR) is 93.9 cm³/mol. The fourth-order valence-corrected chi connectivity index (χ4v) is 3.70.